The van der Waals surface area contributed by atoms with Crippen LogP contribution in [0, 0.1) is 0 Å². The van der Waals surface area contributed by atoms with Crippen molar-refractivity contribution in [3.05, 3.63) is 89.0 Å². The summed E-state index contributed by atoms with van der Waals surface area (Å²) in [5.41, 5.74) is -4.30. The van der Waals surface area contributed by atoms with Crippen LogP contribution in [-0.2, 0) is 29.0 Å². The second-order valence-corrected chi connectivity index (χ2v) is 12.7. The van der Waals surface area contributed by atoms with Gasteiger partial charge in [-0.25, -0.2) is 0 Å². The summed E-state index contributed by atoms with van der Waals surface area (Å²) >= 11 is 0. The van der Waals surface area contributed by atoms with Gasteiger partial charge in [0.15, 0.2) is 0 Å². The van der Waals surface area contributed by atoms with E-state index in [9.17, 15) is 39.5 Å². The van der Waals surface area contributed by atoms with E-state index < -0.39 is 48.3 Å². The molecule has 1 unspecified atom stereocenters. The molecule has 5 nitrogen and oxygen atoms in total. The molecule has 3 aromatic carbocycles. The zero-order valence-corrected chi connectivity index (χ0v) is 30.0. The Kier molecular flexibility index (Phi) is 14.8. The number of benzene rings is 3. The molecule has 52 heavy (non-hydrogen) atoms. The van der Waals surface area contributed by atoms with Gasteiger partial charge in [-0.3, -0.25) is 4.48 Å². The lowest BCUT2D eigenvalue weighted by Crippen LogP contribution is -2.63. The van der Waals surface area contributed by atoms with Crippen molar-refractivity contribution in [2.24, 2.45) is 0 Å². The number of nitrogens with zero attached hydrogens (tertiary/aromatic N) is 1. The number of quaternary nitrogens is 1. The molecule has 3 aromatic rings. The zero-order valence-electron chi connectivity index (χ0n) is 30.0. The Morgan fingerprint density at radius 3 is 1.27 bits per heavy atom. The molecule has 0 fully saturated rings. The van der Waals surface area contributed by atoms with E-state index in [0.717, 1.165) is 105 Å². The van der Waals surface area contributed by atoms with Crippen molar-refractivity contribution in [2.75, 3.05) is 26.2 Å². The van der Waals surface area contributed by atoms with Crippen LogP contribution in [0.3, 0.4) is 0 Å². The molecule has 15 heteroatoms. The van der Waals surface area contributed by atoms with Crippen LogP contribution in [0.15, 0.2) is 66.7 Å². The fourth-order valence-corrected chi connectivity index (χ4v) is 6.12. The number of hydrogen-bond donors (Lipinski definition) is 0. The fourth-order valence-electron chi connectivity index (χ4n) is 6.12. The monoisotopic (exact) mass is 750 g/mol. The zero-order chi connectivity index (χ0) is 38.8. The normalized spacial score (nSPS) is 13.8. The van der Waals surface area contributed by atoms with Gasteiger partial charge >= 0.3 is 25.9 Å². The molecule has 0 amide bonds. The molecule has 3 rings (SSSR count). The molecule has 0 radical (unpaired) electrons. The SMILES string of the molecule is CCCC[N+](CCCC)(CCCC)C(C)(OCC)c1cc(C(F)(F)F)ccc1OB(Oc1ccc(C(F)(F)F)cc1)Oc1ccc(C(F)(F)F)cc1. The van der Waals surface area contributed by atoms with Gasteiger partial charge < -0.3 is 18.7 Å². The highest BCUT2D eigenvalue weighted by Gasteiger charge is 2.52. The van der Waals surface area contributed by atoms with Crippen molar-refractivity contribution in [1.29, 1.82) is 0 Å². The quantitative estimate of drug-likeness (QED) is 0.0529. The number of alkyl halides is 9. The largest absolute Gasteiger partial charge is 0.864 e. The Labute approximate surface area is 299 Å². The van der Waals surface area contributed by atoms with Crippen LogP contribution in [0.25, 0.3) is 0 Å². The third-order valence-corrected chi connectivity index (χ3v) is 9.01. The van der Waals surface area contributed by atoms with E-state index in [1.54, 1.807) is 13.8 Å². The molecule has 0 N–H and O–H groups in total. The van der Waals surface area contributed by atoms with Gasteiger partial charge in [0.2, 0.25) is 5.72 Å². The molecule has 0 saturated heterocycles. The van der Waals surface area contributed by atoms with Gasteiger partial charge in [-0.05, 0) is 92.9 Å². The minimum Gasteiger partial charge on any atom is -0.490 e. The highest BCUT2D eigenvalue weighted by atomic mass is 19.4. The molecule has 0 aromatic heterocycles. The van der Waals surface area contributed by atoms with E-state index in [2.05, 4.69) is 0 Å². The van der Waals surface area contributed by atoms with Gasteiger partial charge in [0.25, 0.3) is 0 Å². The molecule has 288 valence electrons. The predicted molar refractivity (Wildman–Crippen MR) is 181 cm³/mol. The van der Waals surface area contributed by atoms with Crippen LogP contribution >= 0.6 is 0 Å². The summed E-state index contributed by atoms with van der Waals surface area (Å²) in [6.45, 7) is 11.4. The van der Waals surface area contributed by atoms with Crippen molar-refractivity contribution < 1.29 is 62.7 Å². The Bertz CT molecular complexity index is 1450. The molecule has 1 atom stereocenters. The van der Waals surface area contributed by atoms with Gasteiger partial charge in [0, 0.05) is 6.92 Å². The first-order chi connectivity index (χ1) is 24.3. The standard InChI is InChI=1S/C37H46BF9NO4/c1-6-10-23-48(24-11-7-2,25-12-8-3)34(5,49-9-4)32-26-29(37(45,46)47)17-22-33(32)52-38(50-30-18-13-27(14-19-30)35(39,40)41)51-31-20-15-28(16-21-31)36(42,43)44/h13-22,26H,6-12,23-25H2,1-5H3/q+1. The van der Waals surface area contributed by atoms with Crippen LogP contribution in [-0.4, -0.2) is 38.0 Å². The lowest BCUT2D eigenvalue weighted by molar-refractivity contribution is -1.01. The Hall–Kier alpha value is -3.59. The average molecular weight is 751 g/mol. The second-order valence-electron chi connectivity index (χ2n) is 12.7. The average Bonchev–Trinajstić information content (AvgIpc) is 3.07. The number of hydrogen-bond acceptors (Lipinski definition) is 4. The summed E-state index contributed by atoms with van der Waals surface area (Å²) in [5, 5.41) is 0. The number of rotatable bonds is 19. The first-order valence-corrected chi connectivity index (χ1v) is 17.4. The van der Waals surface area contributed by atoms with Crippen LogP contribution < -0.4 is 14.0 Å². The second kappa shape index (κ2) is 18.0. The van der Waals surface area contributed by atoms with E-state index in [4.69, 9.17) is 18.7 Å². The van der Waals surface area contributed by atoms with E-state index in [0.29, 0.717) is 19.6 Å². The predicted octanol–water partition coefficient (Wildman–Crippen LogP) is 11.7. The van der Waals surface area contributed by atoms with E-state index >= 15 is 0 Å². The summed E-state index contributed by atoms with van der Waals surface area (Å²) in [6.07, 6.45) is -9.35. The van der Waals surface area contributed by atoms with E-state index in [1.807, 2.05) is 20.8 Å². The fraction of sp³-hybridized carbons (Fsp3) is 0.514. The van der Waals surface area contributed by atoms with Crippen LogP contribution in [0.5, 0.6) is 17.2 Å². The lowest BCUT2D eigenvalue weighted by Gasteiger charge is -2.52. The van der Waals surface area contributed by atoms with Gasteiger partial charge in [0.05, 0.1) is 48.5 Å². The summed E-state index contributed by atoms with van der Waals surface area (Å²) in [6, 6.07) is 9.87. The maximum absolute atomic E-state index is 14.4. The van der Waals surface area contributed by atoms with Gasteiger partial charge in [-0.2, -0.15) is 39.5 Å². The van der Waals surface area contributed by atoms with Crippen molar-refractivity contribution in [1.82, 2.24) is 0 Å². The van der Waals surface area contributed by atoms with Gasteiger partial charge in [-0.15, -0.1) is 0 Å². The van der Waals surface area contributed by atoms with E-state index in [1.165, 1.54) is 0 Å². The van der Waals surface area contributed by atoms with Crippen molar-refractivity contribution in [3.8, 4) is 17.2 Å². The van der Waals surface area contributed by atoms with Gasteiger partial charge in [0.1, 0.15) is 17.2 Å². The van der Waals surface area contributed by atoms with Gasteiger partial charge in [-0.1, -0.05) is 40.0 Å². The third-order valence-electron chi connectivity index (χ3n) is 9.01. The first-order valence-electron chi connectivity index (χ1n) is 17.4. The molecule has 0 heterocycles. The van der Waals surface area contributed by atoms with Crippen molar-refractivity contribution >= 4 is 7.32 Å². The van der Waals surface area contributed by atoms with Crippen molar-refractivity contribution in [2.45, 2.75) is 97.4 Å². The molecule has 0 saturated carbocycles. The summed E-state index contributed by atoms with van der Waals surface area (Å²) in [5.74, 6) is -0.491. The molecule has 0 spiro atoms. The molecule has 0 aliphatic carbocycles. The van der Waals surface area contributed by atoms with E-state index in [-0.39, 0.29) is 33.9 Å². The molecular weight excluding hydrogens is 704 g/mol. The van der Waals surface area contributed by atoms with Crippen molar-refractivity contribution in [3.63, 3.8) is 0 Å². The maximum atomic E-state index is 14.4. The Balaban J connectivity index is 2.25. The lowest BCUT2D eigenvalue weighted by atomic mass is 9.93. The Morgan fingerprint density at radius 1 is 0.538 bits per heavy atom. The summed E-state index contributed by atoms with van der Waals surface area (Å²) in [7, 11) is -1.89. The van der Waals surface area contributed by atoms with Crippen LogP contribution in [0.2, 0.25) is 0 Å². The highest BCUT2D eigenvalue weighted by molar-refractivity contribution is 6.39. The molecule has 0 aliphatic rings. The number of halogens is 9. The molecule has 0 aliphatic heterocycles. The first kappa shape index (κ1) is 42.8. The molecule has 0 bridgehead atoms. The maximum Gasteiger partial charge on any atom is 0.864 e. The summed E-state index contributed by atoms with van der Waals surface area (Å²) < 4.78 is 147. The number of unbranched alkanes of at least 4 members (excludes halogenated alkanes) is 3. The summed E-state index contributed by atoms with van der Waals surface area (Å²) in [4.78, 5) is 0. The third kappa shape index (κ3) is 11.0. The topological polar surface area (TPSA) is 36.9 Å². The smallest absolute Gasteiger partial charge is 0.490 e. The van der Waals surface area contributed by atoms with Crippen LogP contribution in [0.1, 0.15) is 95.4 Å². The number of ether oxygens (including phenoxy) is 1. The minimum absolute atomic E-state index is 0.0320. The minimum atomic E-state index is -4.75. The Morgan fingerprint density at radius 2 is 0.923 bits per heavy atom. The highest BCUT2D eigenvalue weighted by Crippen LogP contribution is 2.45. The molecular formula is C37H46BF9NO4+. The van der Waals surface area contributed by atoms with Crippen LogP contribution in [0.4, 0.5) is 39.5 Å².